The number of fused-ring (bicyclic) bond motifs is 3. The second-order valence-electron chi connectivity index (χ2n) is 5.38. The molecule has 2 heterocycles. The normalized spacial score (nSPS) is 16.3. The summed E-state index contributed by atoms with van der Waals surface area (Å²) < 4.78 is 41.0. The van der Waals surface area contributed by atoms with Gasteiger partial charge in [0.2, 0.25) is 0 Å². The van der Waals surface area contributed by atoms with E-state index in [1.54, 1.807) is 12.4 Å². The summed E-state index contributed by atoms with van der Waals surface area (Å²) in [5.74, 6) is 0.735. The summed E-state index contributed by atoms with van der Waals surface area (Å²) in [6.07, 6.45) is -1.01. The Morgan fingerprint density at radius 3 is 2.61 bits per heavy atom. The molecule has 0 radical (unpaired) electrons. The number of hydrogen-bond donors (Lipinski definition) is 0. The van der Waals surface area contributed by atoms with Gasteiger partial charge < -0.3 is 4.57 Å². The van der Waals surface area contributed by atoms with Crippen LogP contribution in [0.25, 0.3) is 11.4 Å². The average molecular weight is 335 g/mol. The van der Waals surface area contributed by atoms with Crippen LogP contribution in [0.1, 0.15) is 22.7 Å². The summed E-state index contributed by atoms with van der Waals surface area (Å²) in [7, 11) is 0. The monoisotopic (exact) mass is 334 g/mol. The lowest BCUT2D eigenvalue weighted by atomic mass is 9.96. The van der Waals surface area contributed by atoms with Gasteiger partial charge in [-0.1, -0.05) is 35.9 Å². The Labute approximate surface area is 135 Å². The molecule has 0 amide bonds. The third-order valence-corrected chi connectivity index (χ3v) is 4.41. The van der Waals surface area contributed by atoms with Crippen molar-refractivity contribution in [2.75, 3.05) is 0 Å². The van der Waals surface area contributed by atoms with Crippen molar-refractivity contribution in [1.82, 2.24) is 9.55 Å². The van der Waals surface area contributed by atoms with Gasteiger partial charge in [-0.2, -0.15) is 13.2 Å². The van der Waals surface area contributed by atoms with E-state index in [1.165, 1.54) is 6.07 Å². The Balaban J connectivity index is 1.95. The highest BCUT2D eigenvalue weighted by Crippen LogP contribution is 2.45. The maximum absolute atomic E-state index is 13.1. The largest absolute Gasteiger partial charge is 0.416 e. The van der Waals surface area contributed by atoms with E-state index in [9.17, 15) is 13.2 Å². The molecule has 1 aromatic heterocycles. The quantitative estimate of drug-likeness (QED) is 0.469. The van der Waals surface area contributed by atoms with E-state index in [-0.39, 0.29) is 0 Å². The molecule has 116 valence electrons. The Morgan fingerprint density at radius 1 is 1.04 bits per heavy atom. The van der Waals surface area contributed by atoms with Gasteiger partial charge in [-0.15, -0.1) is 0 Å². The molecule has 0 saturated heterocycles. The highest BCUT2D eigenvalue weighted by atomic mass is 35.5. The Kier molecular flexibility index (Phi) is 3.03. The molecule has 6 heteroatoms. The van der Waals surface area contributed by atoms with Gasteiger partial charge in [0.05, 0.1) is 11.6 Å². The van der Waals surface area contributed by atoms with Gasteiger partial charge >= 0.3 is 6.18 Å². The van der Waals surface area contributed by atoms with Crippen LogP contribution in [-0.4, -0.2) is 9.55 Å². The number of hydrogen-bond acceptors (Lipinski definition) is 1. The van der Waals surface area contributed by atoms with Gasteiger partial charge in [0.25, 0.3) is 0 Å². The maximum Gasteiger partial charge on any atom is 0.416 e. The van der Waals surface area contributed by atoms with Crippen molar-refractivity contribution in [2.45, 2.75) is 12.2 Å². The number of nitrogens with zero attached hydrogens (tertiary/aromatic N) is 2. The Bertz CT molecular complexity index is 899. The van der Waals surface area contributed by atoms with Crippen molar-refractivity contribution < 1.29 is 13.2 Å². The van der Waals surface area contributed by atoms with Crippen molar-refractivity contribution in [3.63, 3.8) is 0 Å². The molecule has 0 bridgehead atoms. The first kappa shape index (κ1) is 14.3. The molecule has 0 N–H and O–H groups in total. The molecule has 0 spiro atoms. The van der Waals surface area contributed by atoms with Gasteiger partial charge in [0.1, 0.15) is 5.82 Å². The van der Waals surface area contributed by atoms with Crippen LogP contribution in [0.2, 0.25) is 5.02 Å². The second-order valence-corrected chi connectivity index (χ2v) is 5.79. The first-order valence-corrected chi connectivity index (χ1v) is 7.33. The molecule has 2 aromatic carbocycles. The zero-order valence-corrected chi connectivity index (χ0v) is 12.4. The fraction of sp³-hybridized carbons (Fsp3) is 0.118. The lowest BCUT2D eigenvalue weighted by Crippen LogP contribution is -2.11. The van der Waals surface area contributed by atoms with Gasteiger partial charge in [-0.3, -0.25) is 0 Å². The maximum atomic E-state index is 13.1. The van der Waals surface area contributed by atoms with Crippen molar-refractivity contribution in [3.05, 3.63) is 76.6 Å². The molecular formula is C17H10ClF3N2. The highest BCUT2D eigenvalue weighted by Gasteiger charge is 2.35. The average Bonchev–Trinajstić information content (AvgIpc) is 3.07. The van der Waals surface area contributed by atoms with Crippen LogP contribution in [-0.2, 0) is 6.18 Å². The molecule has 23 heavy (non-hydrogen) atoms. The number of halogens is 4. The summed E-state index contributed by atoms with van der Waals surface area (Å²) in [4.78, 5) is 4.31. The Morgan fingerprint density at radius 2 is 1.83 bits per heavy atom. The fourth-order valence-corrected chi connectivity index (χ4v) is 3.29. The zero-order chi connectivity index (χ0) is 16.2. The molecule has 1 atom stereocenters. The third kappa shape index (κ3) is 2.15. The van der Waals surface area contributed by atoms with Gasteiger partial charge in [-0.25, -0.2) is 4.98 Å². The minimum absolute atomic E-state index is 0.305. The summed E-state index contributed by atoms with van der Waals surface area (Å²) in [5.41, 5.74) is 1.53. The molecule has 0 saturated carbocycles. The fourth-order valence-electron chi connectivity index (χ4n) is 3.07. The lowest BCUT2D eigenvalue weighted by Gasteiger charge is -2.18. The molecule has 0 aliphatic carbocycles. The van der Waals surface area contributed by atoms with Gasteiger partial charge in [0.15, 0.2) is 0 Å². The molecule has 2 nitrogen and oxygen atoms in total. The predicted octanol–water partition coefficient (Wildman–Crippen LogP) is 5.17. The minimum Gasteiger partial charge on any atom is -0.319 e. The molecule has 0 fully saturated rings. The van der Waals surface area contributed by atoms with E-state index < -0.39 is 17.8 Å². The van der Waals surface area contributed by atoms with Crippen molar-refractivity contribution in [2.24, 2.45) is 0 Å². The van der Waals surface area contributed by atoms with Crippen LogP contribution in [0.4, 0.5) is 13.2 Å². The molecule has 1 aliphatic heterocycles. The van der Waals surface area contributed by atoms with E-state index >= 15 is 0 Å². The van der Waals surface area contributed by atoms with E-state index in [2.05, 4.69) is 4.98 Å². The summed E-state index contributed by atoms with van der Waals surface area (Å²) in [6.45, 7) is 0. The van der Waals surface area contributed by atoms with Crippen LogP contribution >= 0.6 is 11.6 Å². The van der Waals surface area contributed by atoms with Gasteiger partial charge in [0, 0.05) is 23.0 Å². The van der Waals surface area contributed by atoms with Crippen LogP contribution in [0.15, 0.2) is 54.9 Å². The minimum atomic E-state index is -4.41. The summed E-state index contributed by atoms with van der Waals surface area (Å²) >= 11 is 6.23. The number of aromatic nitrogens is 2. The van der Waals surface area contributed by atoms with Crippen LogP contribution in [0.3, 0.4) is 0 Å². The highest BCUT2D eigenvalue weighted by molar-refractivity contribution is 6.31. The van der Waals surface area contributed by atoms with E-state index in [4.69, 9.17) is 11.6 Å². The first-order chi connectivity index (χ1) is 11.0. The van der Waals surface area contributed by atoms with Crippen molar-refractivity contribution in [1.29, 1.82) is 0 Å². The Hall–Kier alpha value is -2.27. The zero-order valence-electron chi connectivity index (χ0n) is 11.7. The van der Waals surface area contributed by atoms with E-state index in [0.29, 0.717) is 10.6 Å². The molecule has 1 aliphatic rings. The van der Waals surface area contributed by atoms with E-state index in [0.717, 1.165) is 29.1 Å². The van der Waals surface area contributed by atoms with Crippen molar-refractivity contribution in [3.8, 4) is 11.4 Å². The molecular weight excluding hydrogens is 325 g/mol. The lowest BCUT2D eigenvalue weighted by molar-refractivity contribution is -0.137. The number of alkyl halides is 3. The van der Waals surface area contributed by atoms with Crippen LogP contribution < -0.4 is 0 Å². The standard InChI is InChI=1S/C17H10ClF3N2/c18-14-6-5-10(17(19,20)21)9-13(14)15-11-3-1-2-4-12(11)16-22-7-8-23(15)16/h1-9,15H. The third-order valence-electron chi connectivity index (χ3n) is 4.06. The van der Waals surface area contributed by atoms with Crippen LogP contribution in [0, 0.1) is 0 Å². The summed E-state index contributed by atoms with van der Waals surface area (Å²) in [5, 5.41) is 0.305. The number of rotatable bonds is 1. The molecule has 1 unspecified atom stereocenters. The van der Waals surface area contributed by atoms with E-state index in [1.807, 2.05) is 28.8 Å². The van der Waals surface area contributed by atoms with Gasteiger partial charge in [-0.05, 0) is 29.3 Å². The molecule has 4 rings (SSSR count). The van der Waals surface area contributed by atoms with Crippen LogP contribution in [0.5, 0.6) is 0 Å². The predicted molar refractivity (Wildman–Crippen MR) is 81.4 cm³/mol. The number of benzene rings is 2. The topological polar surface area (TPSA) is 17.8 Å². The summed E-state index contributed by atoms with van der Waals surface area (Å²) in [6, 6.07) is 10.6. The smallest absolute Gasteiger partial charge is 0.319 e. The van der Waals surface area contributed by atoms with Crippen molar-refractivity contribution >= 4 is 11.6 Å². The molecule has 3 aromatic rings. The second kappa shape index (κ2) is 4.86. The SMILES string of the molecule is FC(F)(F)c1ccc(Cl)c(C2c3ccccc3-c3nccn32)c1. The number of imidazole rings is 1. The first-order valence-electron chi connectivity index (χ1n) is 6.95.